The van der Waals surface area contributed by atoms with Crippen molar-refractivity contribution in [2.75, 3.05) is 14.2 Å². The maximum atomic E-state index is 12.4. The van der Waals surface area contributed by atoms with Crippen molar-refractivity contribution in [3.63, 3.8) is 0 Å². The van der Waals surface area contributed by atoms with E-state index in [9.17, 15) is 4.79 Å². The lowest BCUT2D eigenvalue weighted by Crippen LogP contribution is -2.20. The number of hydrogen-bond donors (Lipinski definition) is 1. The zero-order chi connectivity index (χ0) is 22.4. The quantitative estimate of drug-likeness (QED) is 0.556. The summed E-state index contributed by atoms with van der Waals surface area (Å²) in [6.45, 7) is 7.13. The second-order valence-corrected chi connectivity index (χ2v) is 7.50. The van der Waals surface area contributed by atoms with Gasteiger partial charge in [0, 0.05) is 29.9 Å². The van der Waals surface area contributed by atoms with E-state index in [0.29, 0.717) is 24.6 Å². The Bertz CT molecular complexity index is 1060. The second-order valence-electron chi connectivity index (χ2n) is 7.50. The number of methoxy groups -OCH3 is 2. The predicted molar refractivity (Wildman–Crippen MR) is 122 cm³/mol. The van der Waals surface area contributed by atoms with Gasteiger partial charge in [-0.15, -0.1) is 0 Å². The van der Waals surface area contributed by atoms with Crippen molar-refractivity contribution in [1.29, 1.82) is 0 Å². The van der Waals surface area contributed by atoms with Crippen molar-refractivity contribution in [2.45, 2.75) is 33.9 Å². The Morgan fingerprint density at radius 1 is 1.00 bits per heavy atom. The van der Waals surface area contributed by atoms with E-state index in [1.807, 2.05) is 36.7 Å². The van der Waals surface area contributed by atoms with Crippen LogP contribution in [0.5, 0.6) is 11.5 Å². The number of amides is 1. The molecule has 0 aliphatic rings. The molecule has 31 heavy (non-hydrogen) atoms. The first-order valence-electron chi connectivity index (χ1n) is 10.2. The van der Waals surface area contributed by atoms with E-state index in [4.69, 9.17) is 9.47 Å². The van der Waals surface area contributed by atoms with E-state index in [1.54, 1.807) is 26.4 Å². The first kappa shape index (κ1) is 22.2. The molecule has 0 spiro atoms. The summed E-state index contributed by atoms with van der Waals surface area (Å²) in [5, 5.41) is 7.54. The minimum atomic E-state index is -0.174. The van der Waals surface area contributed by atoms with Gasteiger partial charge in [0.25, 0.3) is 0 Å². The van der Waals surface area contributed by atoms with Crippen LogP contribution in [0.2, 0.25) is 0 Å². The third-order valence-corrected chi connectivity index (χ3v) is 5.17. The fraction of sp³-hybridized carbons (Fsp3) is 0.280. The number of aromatic nitrogens is 2. The van der Waals surface area contributed by atoms with E-state index < -0.39 is 0 Å². The number of hydrogen-bond acceptors (Lipinski definition) is 4. The zero-order valence-corrected chi connectivity index (χ0v) is 18.7. The van der Waals surface area contributed by atoms with Crippen LogP contribution in [0.25, 0.3) is 6.08 Å². The third kappa shape index (κ3) is 5.75. The maximum absolute atomic E-state index is 12.4. The molecule has 1 aromatic heterocycles. The minimum absolute atomic E-state index is 0.174. The first-order valence-corrected chi connectivity index (χ1v) is 10.2. The Hall–Kier alpha value is -3.54. The lowest BCUT2D eigenvalue weighted by Gasteiger charge is -2.08. The molecule has 0 saturated carbocycles. The molecule has 3 rings (SSSR count). The molecule has 0 atom stereocenters. The molecule has 0 aliphatic carbocycles. The van der Waals surface area contributed by atoms with Crippen molar-refractivity contribution < 1.29 is 14.3 Å². The number of nitrogens with zero attached hydrogens (tertiary/aromatic N) is 2. The number of nitrogens with one attached hydrogen (secondary N) is 1. The Morgan fingerprint density at radius 2 is 1.65 bits per heavy atom. The van der Waals surface area contributed by atoms with Gasteiger partial charge in [-0.2, -0.15) is 5.10 Å². The van der Waals surface area contributed by atoms with Crippen LogP contribution in [0.3, 0.4) is 0 Å². The molecule has 0 radical (unpaired) electrons. The van der Waals surface area contributed by atoms with Crippen molar-refractivity contribution >= 4 is 12.0 Å². The van der Waals surface area contributed by atoms with Crippen LogP contribution in [0.4, 0.5) is 0 Å². The van der Waals surface area contributed by atoms with Crippen LogP contribution >= 0.6 is 0 Å². The number of rotatable bonds is 8. The van der Waals surface area contributed by atoms with Crippen molar-refractivity contribution in [1.82, 2.24) is 15.1 Å². The smallest absolute Gasteiger partial charge is 0.244 e. The molecule has 0 saturated heterocycles. The molecule has 2 aromatic carbocycles. The highest BCUT2D eigenvalue weighted by molar-refractivity contribution is 5.92. The fourth-order valence-electron chi connectivity index (χ4n) is 3.35. The van der Waals surface area contributed by atoms with E-state index in [2.05, 4.69) is 41.6 Å². The highest BCUT2D eigenvalue weighted by atomic mass is 16.5. The molecule has 162 valence electrons. The van der Waals surface area contributed by atoms with Gasteiger partial charge in [0.1, 0.15) is 11.5 Å². The second kappa shape index (κ2) is 9.98. The molecule has 1 N–H and O–H groups in total. The first-order chi connectivity index (χ1) is 14.9. The van der Waals surface area contributed by atoms with Gasteiger partial charge in [-0.05, 0) is 50.1 Å². The van der Waals surface area contributed by atoms with E-state index >= 15 is 0 Å². The van der Waals surface area contributed by atoms with Crippen LogP contribution < -0.4 is 14.8 Å². The van der Waals surface area contributed by atoms with Crippen LogP contribution in [-0.4, -0.2) is 29.9 Å². The summed E-state index contributed by atoms with van der Waals surface area (Å²) in [6, 6.07) is 14.0. The number of ether oxygens (including phenoxy) is 2. The third-order valence-electron chi connectivity index (χ3n) is 5.17. The summed E-state index contributed by atoms with van der Waals surface area (Å²) in [5.41, 5.74) is 6.21. The summed E-state index contributed by atoms with van der Waals surface area (Å²) in [4.78, 5) is 12.4. The molecular formula is C25H29N3O3. The van der Waals surface area contributed by atoms with Gasteiger partial charge in [-0.25, -0.2) is 0 Å². The topological polar surface area (TPSA) is 65.4 Å². The lowest BCUT2D eigenvalue weighted by molar-refractivity contribution is -0.116. The van der Waals surface area contributed by atoms with Gasteiger partial charge in [-0.1, -0.05) is 29.8 Å². The van der Waals surface area contributed by atoms with Crippen molar-refractivity contribution in [3.8, 4) is 11.5 Å². The molecular weight excluding hydrogens is 390 g/mol. The molecule has 0 fully saturated rings. The van der Waals surface area contributed by atoms with Crippen molar-refractivity contribution in [2.24, 2.45) is 0 Å². The monoisotopic (exact) mass is 419 g/mol. The summed E-state index contributed by atoms with van der Waals surface area (Å²) in [6.07, 6.45) is 3.37. The molecule has 0 aliphatic heterocycles. The molecule has 1 amide bonds. The van der Waals surface area contributed by atoms with Gasteiger partial charge in [0.2, 0.25) is 5.91 Å². The molecule has 6 nitrogen and oxygen atoms in total. The van der Waals surface area contributed by atoms with Crippen LogP contribution in [0.15, 0.2) is 48.5 Å². The summed E-state index contributed by atoms with van der Waals surface area (Å²) < 4.78 is 12.5. The normalized spacial score (nSPS) is 11.0. The highest BCUT2D eigenvalue weighted by Gasteiger charge is 2.10. The highest BCUT2D eigenvalue weighted by Crippen LogP contribution is 2.22. The van der Waals surface area contributed by atoms with Gasteiger partial charge in [-0.3, -0.25) is 9.48 Å². The van der Waals surface area contributed by atoms with Gasteiger partial charge in [0.15, 0.2) is 0 Å². The minimum Gasteiger partial charge on any atom is -0.497 e. The average Bonchev–Trinajstić information content (AvgIpc) is 3.04. The SMILES string of the molecule is COc1cc(CNC(=O)C=Cc2c(C)nn(Cc3ccc(C)cc3)c2C)cc(OC)c1. The molecule has 1 heterocycles. The number of carbonyl (C=O) groups excluding carboxylic acids is 1. The Morgan fingerprint density at radius 3 is 2.26 bits per heavy atom. The maximum Gasteiger partial charge on any atom is 0.244 e. The standard InChI is InChI=1S/C25H29N3O3/c1-17-6-8-20(9-7-17)16-28-19(3)24(18(2)27-28)10-11-25(29)26-15-21-12-22(30-4)14-23(13-21)31-5/h6-14H,15-16H2,1-5H3,(H,26,29). The van der Waals surface area contributed by atoms with E-state index in [-0.39, 0.29) is 5.91 Å². The largest absolute Gasteiger partial charge is 0.497 e. The number of aryl methyl sites for hydroxylation is 2. The zero-order valence-electron chi connectivity index (χ0n) is 18.7. The average molecular weight is 420 g/mol. The fourth-order valence-corrected chi connectivity index (χ4v) is 3.35. The number of carbonyl (C=O) groups is 1. The van der Waals surface area contributed by atoms with E-state index in [1.165, 1.54) is 11.1 Å². The molecule has 6 heteroatoms. The van der Waals surface area contributed by atoms with Crippen LogP contribution in [0.1, 0.15) is 33.6 Å². The Kier molecular flexibility index (Phi) is 7.13. The Balaban J connectivity index is 1.65. The lowest BCUT2D eigenvalue weighted by atomic mass is 10.1. The van der Waals surface area contributed by atoms with Gasteiger partial charge in [0.05, 0.1) is 26.5 Å². The van der Waals surface area contributed by atoms with Gasteiger partial charge >= 0.3 is 0 Å². The number of benzene rings is 2. The molecule has 3 aromatic rings. The summed E-state index contributed by atoms with van der Waals surface area (Å²) >= 11 is 0. The van der Waals surface area contributed by atoms with Gasteiger partial charge < -0.3 is 14.8 Å². The van der Waals surface area contributed by atoms with Crippen LogP contribution in [0, 0.1) is 20.8 Å². The van der Waals surface area contributed by atoms with E-state index in [0.717, 1.165) is 22.5 Å². The Labute approximate surface area is 183 Å². The predicted octanol–water partition coefficient (Wildman–Crippen LogP) is 4.20. The molecule has 0 bridgehead atoms. The van der Waals surface area contributed by atoms with Crippen LogP contribution in [-0.2, 0) is 17.9 Å². The summed E-state index contributed by atoms with van der Waals surface area (Å²) in [5.74, 6) is 1.20. The van der Waals surface area contributed by atoms with Crippen molar-refractivity contribution in [3.05, 3.63) is 82.2 Å². The summed E-state index contributed by atoms with van der Waals surface area (Å²) in [7, 11) is 3.20. The molecule has 0 unspecified atom stereocenters.